The van der Waals surface area contributed by atoms with Crippen molar-refractivity contribution < 1.29 is 29.2 Å². The summed E-state index contributed by atoms with van der Waals surface area (Å²) < 4.78 is 16.9. The van der Waals surface area contributed by atoms with E-state index in [0.29, 0.717) is 22.8 Å². The number of hydrogen-bond acceptors (Lipinski definition) is 7. The maximum Gasteiger partial charge on any atom is 0.312 e. The van der Waals surface area contributed by atoms with Gasteiger partial charge in [-0.2, -0.15) is 0 Å². The molecule has 2 aliphatic rings. The molecule has 2 heterocycles. The highest BCUT2D eigenvalue weighted by Crippen LogP contribution is 2.68. The Morgan fingerprint density at radius 2 is 1.83 bits per heavy atom. The Labute approximate surface area is 208 Å². The number of methoxy groups -OCH3 is 2. The number of aromatic nitrogens is 1. The summed E-state index contributed by atoms with van der Waals surface area (Å²) >= 11 is 6.20. The molecule has 0 saturated heterocycles. The number of aryl methyl sites for hydroxylation is 1. The first-order valence-electron chi connectivity index (χ1n) is 11.3. The number of esters is 1. The standard InChI is InChI=1S/C27H26ClNO6/c1-15-4-10-18(11-5-15)27-22(17-8-6-16(7-9-17)14-33-2)21(25(31)34-3)24(30)26(27,32)23-20(35-27)12-19(28)13-29-23/h4-13,21-22,24,30,32H,14H2,1-3H3/t21-,22-,24-,26+,27+/m1/s1. The van der Waals surface area contributed by atoms with Crippen LogP contribution in [0, 0.1) is 12.8 Å². The molecular weight excluding hydrogens is 470 g/mol. The molecule has 1 aliphatic heterocycles. The van der Waals surface area contributed by atoms with Crippen LogP contribution in [0.25, 0.3) is 0 Å². The normalized spacial score (nSPS) is 28.8. The number of ether oxygens (including phenoxy) is 3. The van der Waals surface area contributed by atoms with Crippen LogP contribution in [0.2, 0.25) is 5.02 Å². The van der Waals surface area contributed by atoms with Crippen LogP contribution in [-0.4, -0.2) is 41.5 Å². The molecule has 5 rings (SSSR count). The van der Waals surface area contributed by atoms with Crippen LogP contribution in [-0.2, 0) is 32.1 Å². The fourth-order valence-electron chi connectivity index (χ4n) is 5.66. The number of hydrogen-bond donors (Lipinski definition) is 2. The minimum atomic E-state index is -2.06. The first-order chi connectivity index (χ1) is 16.8. The molecule has 1 aromatic heterocycles. The highest BCUT2D eigenvalue weighted by Gasteiger charge is 2.78. The van der Waals surface area contributed by atoms with Crippen molar-refractivity contribution in [2.75, 3.05) is 14.2 Å². The Balaban J connectivity index is 1.81. The maximum absolute atomic E-state index is 13.1. The first kappa shape index (κ1) is 23.8. The van der Waals surface area contributed by atoms with Crippen molar-refractivity contribution in [1.29, 1.82) is 0 Å². The average molecular weight is 496 g/mol. The Morgan fingerprint density at radius 3 is 2.46 bits per heavy atom. The summed E-state index contributed by atoms with van der Waals surface area (Å²) in [6, 6.07) is 16.5. The topological polar surface area (TPSA) is 98.1 Å². The van der Waals surface area contributed by atoms with Crippen molar-refractivity contribution in [1.82, 2.24) is 4.98 Å². The summed E-state index contributed by atoms with van der Waals surface area (Å²) in [5, 5.41) is 24.4. The molecule has 0 spiro atoms. The van der Waals surface area contributed by atoms with E-state index >= 15 is 0 Å². The zero-order valence-electron chi connectivity index (χ0n) is 19.6. The predicted molar refractivity (Wildman–Crippen MR) is 128 cm³/mol. The average Bonchev–Trinajstić information content (AvgIpc) is 3.22. The summed E-state index contributed by atoms with van der Waals surface area (Å²) in [5.41, 5.74) is -0.283. The number of carbonyl (C=O) groups excluding carboxylic acids is 1. The highest BCUT2D eigenvalue weighted by molar-refractivity contribution is 6.30. The van der Waals surface area contributed by atoms with E-state index in [1.807, 2.05) is 55.5 Å². The number of fused-ring (bicyclic) bond motifs is 3. The summed E-state index contributed by atoms with van der Waals surface area (Å²) in [4.78, 5) is 17.5. The Kier molecular flexibility index (Phi) is 5.84. The van der Waals surface area contributed by atoms with Crippen molar-refractivity contribution in [3.8, 4) is 5.75 Å². The van der Waals surface area contributed by atoms with E-state index in [-0.39, 0.29) is 11.4 Å². The van der Waals surface area contributed by atoms with Crippen LogP contribution in [0.3, 0.4) is 0 Å². The van der Waals surface area contributed by atoms with Gasteiger partial charge in [-0.05, 0) is 23.6 Å². The molecule has 2 N–H and O–H groups in total. The van der Waals surface area contributed by atoms with E-state index in [2.05, 4.69) is 4.98 Å². The molecule has 35 heavy (non-hydrogen) atoms. The van der Waals surface area contributed by atoms with E-state index in [4.69, 9.17) is 25.8 Å². The lowest BCUT2D eigenvalue weighted by atomic mass is 9.71. The molecule has 8 heteroatoms. The van der Waals surface area contributed by atoms with E-state index in [0.717, 1.165) is 11.1 Å². The molecule has 2 aromatic carbocycles. The highest BCUT2D eigenvalue weighted by atomic mass is 35.5. The number of nitrogens with zero attached hydrogens (tertiary/aromatic N) is 1. The second-order valence-corrected chi connectivity index (χ2v) is 9.55. The zero-order valence-corrected chi connectivity index (χ0v) is 20.3. The molecule has 1 saturated carbocycles. The van der Waals surface area contributed by atoms with Gasteiger partial charge in [0, 0.05) is 25.3 Å². The first-order valence-corrected chi connectivity index (χ1v) is 11.6. The van der Waals surface area contributed by atoms with E-state index in [1.165, 1.54) is 13.3 Å². The molecule has 5 atom stereocenters. The van der Waals surface area contributed by atoms with Crippen LogP contribution >= 0.6 is 11.6 Å². The predicted octanol–water partition coefficient (Wildman–Crippen LogP) is 3.61. The lowest BCUT2D eigenvalue weighted by molar-refractivity contribution is -0.162. The molecule has 1 fully saturated rings. The second kappa shape index (κ2) is 8.60. The number of benzene rings is 2. The Bertz CT molecular complexity index is 1260. The van der Waals surface area contributed by atoms with Gasteiger partial charge in [0.2, 0.25) is 0 Å². The van der Waals surface area contributed by atoms with Gasteiger partial charge in [-0.3, -0.25) is 9.78 Å². The third-order valence-corrected chi connectivity index (χ3v) is 7.39. The molecular formula is C27H26ClNO6. The van der Waals surface area contributed by atoms with E-state index < -0.39 is 35.1 Å². The summed E-state index contributed by atoms with van der Waals surface area (Å²) in [6.07, 6.45) is -0.186. The van der Waals surface area contributed by atoms with Crippen molar-refractivity contribution >= 4 is 17.6 Å². The summed E-state index contributed by atoms with van der Waals surface area (Å²) in [6.45, 7) is 2.37. The summed E-state index contributed by atoms with van der Waals surface area (Å²) in [7, 11) is 2.88. The zero-order chi connectivity index (χ0) is 25.0. The SMILES string of the molecule is COCc1ccc([C@@H]2[C@@H](C(=O)OC)[C@@H](O)[C@@]3(O)c4ncc(Cl)cc4O[C@@]23c2ccc(C)cc2)cc1. The van der Waals surface area contributed by atoms with E-state index in [9.17, 15) is 15.0 Å². The van der Waals surface area contributed by atoms with Crippen LogP contribution in [0.4, 0.5) is 0 Å². The molecule has 0 amide bonds. The second-order valence-electron chi connectivity index (χ2n) is 9.12. The summed E-state index contributed by atoms with van der Waals surface area (Å²) in [5.74, 6) is -2.35. The maximum atomic E-state index is 13.1. The molecule has 182 valence electrons. The molecule has 1 aliphatic carbocycles. The van der Waals surface area contributed by atoms with Gasteiger partial charge in [-0.25, -0.2) is 0 Å². The largest absolute Gasteiger partial charge is 0.476 e. The van der Waals surface area contributed by atoms with Crippen LogP contribution in [0.15, 0.2) is 60.8 Å². The van der Waals surface area contributed by atoms with Crippen molar-refractivity contribution in [3.63, 3.8) is 0 Å². The quantitative estimate of drug-likeness (QED) is 0.522. The van der Waals surface area contributed by atoms with Gasteiger partial charge in [-0.1, -0.05) is 65.7 Å². The van der Waals surface area contributed by atoms with Crippen molar-refractivity contribution in [3.05, 3.63) is 93.8 Å². The number of halogens is 1. The minimum Gasteiger partial charge on any atom is -0.476 e. The van der Waals surface area contributed by atoms with Gasteiger partial charge < -0.3 is 24.4 Å². The Hall–Kier alpha value is -2.97. The lowest BCUT2D eigenvalue weighted by Crippen LogP contribution is -2.52. The van der Waals surface area contributed by atoms with Gasteiger partial charge in [0.15, 0.2) is 11.2 Å². The number of rotatable bonds is 5. The number of carbonyl (C=O) groups is 1. The van der Waals surface area contributed by atoms with Gasteiger partial charge in [0.25, 0.3) is 0 Å². The third-order valence-electron chi connectivity index (χ3n) is 7.19. The van der Waals surface area contributed by atoms with Gasteiger partial charge in [-0.15, -0.1) is 0 Å². The smallest absolute Gasteiger partial charge is 0.312 e. The fraction of sp³-hybridized carbons (Fsp3) is 0.333. The molecule has 7 nitrogen and oxygen atoms in total. The molecule has 0 unspecified atom stereocenters. The monoisotopic (exact) mass is 495 g/mol. The van der Waals surface area contributed by atoms with Crippen molar-refractivity contribution in [2.24, 2.45) is 5.92 Å². The van der Waals surface area contributed by atoms with Crippen LogP contribution in [0.1, 0.15) is 33.9 Å². The van der Waals surface area contributed by atoms with Gasteiger partial charge in [0.05, 0.1) is 24.7 Å². The number of pyridine rings is 1. The van der Waals surface area contributed by atoms with Crippen LogP contribution in [0.5, 0.6) is 5.75 Å². The van der Waals surface area contributed by atoms with Gasteiger partial charge >= 0.3 is 5.97 Å². The molecule has 0 bridgehead atoms. The van der Waals surface area contributed by atoms with Gasteiger partial charge in [0.1, 0.15) is 17.5 Å². The number of aliphatic hydroxyl groups is 2. The minimum absolute atomic E-state index is 0.127. The van der Waals surface area contributed by atoms with Crippen molar-refractivity contribution in [2.45, 2.75) is 36.8 Å². The molecule has 3 aromatic rings. The van der Waals surface area contributed by atoms with Crippen LogP contribution < -0.4 is 4.74 Å². The number of aliphatic hydroxyl groups excluding tert-OH is 1. The lowest BCUT2D eigenvalue weighted by Gasteiger charge is -2.40. The molecule has 0 radical (unpaired) electrons. The Morgan fingerprint density at radius 1 is 1.14 bits per heavy atom. The van der Waals surface area contributed by atoms with E-state index in [1.54, 1.807) is 13.2 Å². The third kappa shape index (κ3) is 3.30. The fourth-order valence-corrected chi connectivity index (χ4v) is 5.81.